The number of aromatic nitrogens is 1. The van der Waals surface area contributed by atoms with Crippen LogP contribution in [-0.4, -0.2) is 24.5 Å². The molecule has 1 aromatic carbocycles. The van der Waals surface area contributed by atoms with Gasteiger partial charge in [0, 0.05) is 36.4 Å². The van der Waals surface area contributed by atoms with Crippen LogP contribution in [0.3, 0.4) is 0 Å². The monoisotopic (exact) mass is 434 g/mol. The molecule has 0 bridgehead atoms. The number of halogens is 4. The van der Waals surface area contributed by atoms with Crippen molar-refractivity contribution in [3.8, 4) is 0 Å². The van der Waals surface area contributed by atoms with E-state index in [4.69, 9.17) is 0 Å². The molecule has 0 radical (unpaired) electrons. The molecule has 1 aromatic heterocycles. The van der Waals surface area contributed by atoms with Crippen molar-refractivity contribution in [3.05, 3.63) is 49.9 Å². The van der Waals surface area contributed by atoms with Crippen LogP contribution in [0.15, 0.2) is 33.0 Å². The lowest BCUT2D eigenvalue weighted by molar-refractivity contribution is -0.140. The molecule has 0 aliphatic heterocycles. The van der Waals surface area contributed by atoms with Gasteiger partial charge in [-0.05, 0) is 30.2 Å². The average molecular weight is 435 g/mol. The van der Waals surface area contributed by atoms with Crippen LogP contribution in [0.2, 0.25) is 0 Å². The van der Waals surface area contributed by atoms with E-state index in [2.05, 4.69) is 36.5 Å². The first kappa shape index (κ1) is 19.7. The fourth-order valence-electron chi connectivity index (χ4n) is 2.10. The summed E-state index contributed by atoms with van der Waals surface area (Å²) in [6, 6.07) is 6.03. The van der Waals surface area contributed by atoms with Gasteiger partial charge in [0.25, 0.3) is 0 Å². The Hall–Kier alpha value is -1.61. The average Bonchev–Trinajstić information content (AvgIpc) is 3.01. The molecule has 0 saturated heterocycles. The highest BCUT2D eigenvalue weighted by Crippen LogP contribution is 2.30. The van der Waals surface area contributed by atoms with Crippen LogP contribution in [0.25, 0.3) is 0 Å². The van der Waals surface area contributed by atoms with Crippen molar-refractivity contribution in [1.82, 2.24) is 15.6 Å². The van der Waals surface area contributed by atoms with Gasteiger partial charge in [0.05, 0.1) is 5.01 Å². The summed E-state index contributed by atoms with van der Waals surface area (Å²) in [5, 5.41) is 7.75. The van der Waals surface area contributed by atoms with E-state index < -0.39 is 11.9 Å². The summed E-state index contributed by atoms with van der Waals surface area (Å²) >= 11 is 4.44. The number of alkyl halides is 3. The van der Waals surface area contributed by atoms with Crippen LogP contribution in [-0.2, 0) is 19.1 Å². The number of aliphatic imine (C=N–C) groups is 1. The molecule has 0 fully saturated rings. The first-order valence-corrected chi connectivity index (χ1v) is 9.18. The van der Waals surface area contributed by atoms with Crippen LogP contribution < -0.4 is 10.6 Å². The zero-order valence-electron chi connectivity index (χ0n) is 13.7. The number of thiazole rings is 1. The first-order chi connectivity index (χ1) is 11.8. The minimum atomic E-state index is -4.39. The van der Waals surface area contributed by atoms with Gasteiger partial charge in [-0.25, -0.2) is 4.98 Å². The number of nitrogens with zero attached hydrogens (tertiary/aromatic N) is 2. The van der Waals surface area contributed by atoms with E-state index in [1.807, 2.05) is 25.1 Å². The Labute approximate surface area is 156 Å². The number of guanidine groups is 1. The molecule has 4 nitrogen and oxygen atoms in total. The SMILES string of the molecule is CN=C(NCCc1nc(C(F)(F)F)cs1)NCc1ccc(Br)cc1C. The highest BCUT2D eigenvalue weighted by molar-refractivity contribution is 9.10. The Morgan fingerprint density at radius 3 is 2.68 bits per heavy atom. The van der Waals surface area contributed by atoms with Gasteiger partial charge in [-0.2, -0.15) is 13.2 Å². The number of benzene rings is 1. The second-order valence-corrected chi connectivity index (χ2v) is 7.16. The third-order valence-electron chi connectivity index (χ3n) is 3.45. The fourth-order valence-corrected chi connectivity index (χ4v) is 3.38. The van der Waals surface area contributed by atoms with E-state index in [9.17, 15) is 13.2 Å². The molecule has 2 rings (SSSR count). The van der Waals surface area contributed by atoms with Crippen LogP contribution >= 0.6 is 27.3 Å². The number of nitrogens with one attached hydrogen (secondary N) is 2. The normalized spacial score (nSPS) is 12.3. The minimum absolute atomic E-state index is 0.402. The van der Waals surface area contributed by atoms with Gasteiger partial charge in [-0.1, -0.05) is 22.0 Å². The Morgan fingerprint density at radius 2 is 2.08 bits per heavy atom. The van der Waals surface area contributed by atoms with E-state index in [0.29, 0.717) is 30.5 Å². The van der Waals surface area contributed by atoms with Gasteiger partial charge in [0.1, 0.15) is 0 Å². The summed E-state index contributed by atoms with van der Waals surface area (Å²) in [4.78, 5) is 7.72. The molecule has 0 aliphatic carbocycles. The number of rotatable bonds is 5. The van der Waals surface area contributed by atoms with Crippen molar-refractivity contribution in [1.29, 1.82) is 0 Å². The van der Waals surface area contributed by atoms with Gasteiger partial charge in [-0.3, -0.25) is 4.99 Å². The van der Waals surface area contributed by atoms with Gasteiger partial charge < -0.3 is 10.6 Å². The van der Waals surface area contributed by atoms with Crippen molar-refractivity contribution in [2.24, 2.45) is 4.99 Å². The molecule has 1 heterocycles. The Balaban J connectivity index is 1.81. The predicted molar refractivity (Wildman–Crippen MR) is 97.9 cm³/mol. The summed E-state index contributed by atoms with van der Waals surface area (Å²) in [5.74, 6) is 0.593. The molecular weight excluding hydrogens is 417 g/mol. The van der Waals surface area contributed by atoms with E-state index >= 15 is 0 Å². The first-order valence-electron chi connectivity index (χ1n) is 7.50. The highest BCUT2D eigenvalue weighted by Gasteiger charge is 2.33. The molecule has 0 aliphatic rings. The Morgan fingerprint density at radius 1 is 1.32 bits per heavy atom. The largest absolute Gasteiger partial charge is 0.434 e. The summed E-state index contributed by atoms with van der Waals surface area (Å²) in [5.41, 5.74) is 1.46. The number of aryl methyl sites for hydroxylation is 1. The molecule has 0 spiro atoms. The van der Waals surface area contributed by atoms with Crippen molar-refractivity contribution < 1.29 is 13.2 Å². The van der Waals surface area contributed by atoms with E-state index in [1.165, 1.54) is 0 Å². The molecule has 2 aromatic rings. The maximum Gasteiger partial charge on any atom is 0.434 e. The van der Waals surface area contributed by atoms with Crippen LogP contribution in [0.4, 0.5) is 13.2 Å². The van der Waals surface area contributed by atoms with Crippen LogP contribution in [0.5, 0.6) is 0 Å². The van der Waals surface area contributed by atoms with E-state index in [-0.39, 0.29) is 0 Å². The van der Waals surface area contributed by atoms with Gasteiger partial charge in [-0.15, -0.1) is 11.3 Å². The molecule has 2 N–H and O–H groups in total. The third kappa shape index (κ3) is 6.00. The minimum Gasteiger partial charge on any atom is -0.356 e. The molecule has 0 amide bonds. The Kier molecular flexibility index (Phi) is 6.83. The highest BCUT2D eigenvalue weighted by atomic mass is 79.9. The predicted octanol–water partition coefficient (Wildman–Crippen LogP) is 4.14. The van der Waals surface area contributed by atoms with Gasteiger partial charge in [0.2, 0.25) is 0 Å². The second-order valence-electron chi connectivity index (χ2n) is 5.30. The molecule has 0 saturated carbocycles. The van der Waals surface area contributed by atoms with Crippen LogP contribution in [0.1, 0.15) is 21.8 Å². The summed E-state index contributed by atoms with van der Waals surface area (Å²) in [6.45, 7) is 3.08. The zero-order valence-corrected chi connectivity index (χ0v) is 16.1. The lowest BCUT2D eigenvalue weighted by Gasteiger charge is -2.13. The quantitative estimate of drug-likeness (QED) is 0.549. The second kappa shape index (κ2) is 8.66. The summed E-state index contributed by atoms with van der Waals surface area (Å²) in [6.07, 6.45) is -3.99. The standard InChI is InChI=1S/C16H18BrF3N4S/c1-10-7-12(17)4-3-11(10)8-23-15(21-2)22-6-5-14-24-13(9-25-14)16(18,19)20/h3-4,7,9H,5-6,8H2,1-2H3,(H2,21,22,23). The fraction of sp³-hybridized carbons (Fsp3) is 0.375. The van der Waals surface area contributed by atoms with Crippen LogP contribution in [0, 0.1) is 6.92 Å². The zero-order chi connectivity index (χ0) is 18.4. The van der Waals surface area contributed by atoms with E-state index in [1.54, 1.807) is 7.05 Å². The maximum absolute atomic E-state index is 12.5. The maximum atomic E-state index is 12.5. The number of hydrogen-bond acceptors (Lipinski definition) is 3. The number of hydrogen-bond donors (Lipinski definition) is 2. The topological polar surface area (TPSA) is 49.3 Å². The Bertz CT molecular complexity index is 743. The smallest absolute Gasteiger partial charge is 0.356 e. The molecule has 136 valence electrons. The van der Waals surface area contributed by atoms with Gasteiger partial charge >= 0.3 is 6.18 Å². The lowest BCUT2D eigenvalue weighted by atomic mass is 10.1. The summed E-state index contributed by atoms with van der Waals surface area (Å²) < 4.78 is 38.6. The lowest BCUT2D eigenvalue weighted by Crippen LogP contribution is -2.38. The van der Waals surface area contributed by atoms with Crippen molar-refractivity contribution in [2.75, 3.05) is 13.6 Å². The molecule has 0 atom stereocenters. The molecule has 25 heavy (non-hydrogen) atoms. The van der Waals surface area contributed by atoms with Crippen molar-refractivity contribution in [2.45, 2.75) is 26.1 Å². The third-order valence-corrected chi connectivity index (χ3v) is 4.85. The van der Waals surface area contributed by atoms with E-state index in [0.717, 1.165) is 32.3 Å². The van der Waals surface area contributed by atoms with Crippen molar-refractivity contribution >= 4 is 33.2 Å². The molecule has 0 unspecified atom stereocenters. The summed E-state index contributed by atoms with van der Waals surface area (Å²) in [7, 11) is 1.65. The van der Waals surface area contributed by atoms with Crippen molar-refractivity contribution in [3.63, 3.8) is 0 Å². The molecular formula is C16H18BrF3N4S. The van der Waals surface area contributed by atoms with Gasteiger partial charge in [0.15, 0.2) is 11.7 Å². The molecule has 9 heteroatoms.